The van der Waals surface area contributed by atoms with Crippen molar-refractivity contribution in [2.75, 3.05) is 6.61 Å². The van der Waals surface area contributed by atoms with Crippen LogP contribution in [0.5, 0.6) is 5.75 Å². The lowest BCUT2D eigenvalue weighted by atomic mass is 10.0. The fourth-order valence-electron chi connectivity index (χ4n) is 3.60. The molecule has 4 nitrogen and oxygen atoms in total. The molecule has 0 atom stereocenters. The van der Waals surface area contributed by atoms with Crippen LogP contribution in [0.4, 0.5) is 0 Å². The summed E-state index contributed by atoms with van der Waals surface area (Å²) in [7, 11) is 0. The summed E-state index contributed by atoms with van der Waals surface area (Å²) in [4.78, 5) is 17.2. The first kappa shape index (κ1) is 22.7. The van der Waals surface area contributed by atoms with Gasteiger partial charge in [0, 0.05) is 23.1 Å². The highest BCUT2D eigenvalue weighted by atomic mass is 32.1. The number of amides is 1. The SMILES string of the molecule is Cc1ccc(C(C)C)c(OCC(=O)NCc2cccc(-c3nc(-c4ccccc4)cs3)c2)c1. The minimum absolute atomic E-state index is 0.00419. The molecule has 5 heteroatoms. The summed E-state index contributed by atoms with van der Waals surface area (Å²) in [6.07, 6.45) is 0. The minimum Gasteiger partial charge on any atom is -0.483 e. The molecule has 0 saturated heterocycles. The number of ether oxygens (including phenoxy) is 1. The van der Waals surface area contributed by atoms with Crippen LogP contribution in [0.25, 0.3) is 21.8 Å². The molecular formula is C28H28N2O2S. The number of aryl methyl sites for hydroxylation is 1. The number of nitrogens with one attached hydrogen (secondary N) is 1. The van der Waals surface area contributed by atoms with E-state index in [-0.39, 0.29) is 12.5 Å². The summed E-state index contributed by atoms with van der Waals surface area (Å²) < 4.78 is 5.85. The van der Waals surface area contributed by atoms with E-state index in [2.05, 4.69) is 54.9 Å². The van der Waals surface area contributed by atoms with Crippen LogP contribution in [0.15, 0.2) is 78.2 Å². The van der Waals surface area contributed by atoms with Gasteiger partial charge in [-0.05, 0) is 41.7 Å². The first-order valence-corrected chi connectivity index (χ1v) is 12.0. The summed E-state index contributed by atoms with van der Waals surface area (Å²) >= 11 is 1.62. The second-order valence-corrected chi connectivity index (χ2v) is 9.22. The van der Waals surface area contributed by atoms with Crippen LogP contribution in [-0.4, -0.2) is 17.5 Å². The van der Waals surface area contributed by atoms with Gasteiger partial charge in [0.2, 0.25) is 0 Å². The van der Waals surface area contributed by atoms with E-state index in [0.717, 1.165) is 44.3 Å². The van der Waals surface area contributed by atoms with Gasteiger partial charge in [0.05, 0.1) is 5.69 Å². The van der Waals surface area contributed by atoms with E-state index in [1.165, 1.54) is 0 Å². The van der Waals surface area contributed by atoms with Crippen LogP contribution in [0.2, 0.25) is 0 Å². The van der Waals surface area contributed by atoms with E-state index in [4.69, 9.17) is 9.72 Å². The van der Waals surface area contributed by atoms with Crippen LogP contribution in [-0.2, 0) is 11.3 Å². The molecule has 0 fully saturated rings. The van der Waals surface area contributed by atoms with Crippen molar-refractivity contribution in [3.8, 4) is 27.6 Å². The zero-order valence-corrected chi connectivity index (χ0v) is 20.0. The normalized spacial score (nSPS) is 10.9. The van der Waals surface area contributed by atoms with Crippen LogP contribution in [0, 0.1) is 6.92 Å². The van der Waals surface area contributed by atoms with Crippen molar-refractivity contribution in [3.05, 3.63) is 94.9 Å². The fourth-order valence-corrected chi connectivity index (χ4v) is 4.43. The van der Waals surface area contributed by atoms with Gasteiger partial charge in [0.25, 0.3) is 5.91 Å². The number of carbonyl (C=O) groups is 1. The third-order valence-corrected chi connectivity index (χ3v) is 6.28. The Labute approximate surface area is 199 Å². The first-order chi connectivity index (χ1) is 16.0. The monoisotopic (exact) mass is 456 g/mol. The van der Waals surface area contributed by atoms with Gasteiger partial charge in [-0.25, -0.2) is 4.98 Å². The van der Waals surface area contributed by atoms with Crippen molar-refractivity contribution in [2.45, 2.75) is 33.2 Å². The average molecular weight is 457 g/mol. The van der Waals surface area contributed by atoms with Crippen molar-refractivity contribution in [3.63, 3.8) is 0 Å². The molecule has 1 heterocycles. The molecule has 0 spiro atoms. The van der Waals surface area contributed by atoms with Crippen molar-refractivity contribution in [1.29, 1.82) is 0 Å². The third kappa shape index (κ3) is 5.88. The van der Waals surface area contributed by atoms with E-state index in [1.54, 1.807) is 11.3 Å². The molecule has 0 saturated carbocycles. The van der Waals surface area contributed by atoms with Crippen LogP contribution in [0.3, 0.4) is 0 Å². The number of carbonyl (C=O) groups excluding carboxylic acids is 1. The highest BCUT2D eigenvalue weighted by Crippen LogP contribution is 2.29. The molecule has 1 amide bonds. The minimum atomic E-state index is -0.141. The second-order valence-electron chi connectivity index (χ2n) is 8.37. The molecule has 4 aromatic rings. The lowest BCUT2D eigenvalue weighted by Crippen LogP contribution is -2.28. The molecular weight excluding hydrogens is 428 g/mol. The molecule has 168 valence electrons. The zero-order chi connectivity index (χ0) is 23.2. The maximum absolute atomic E-state index is 12.4. The van der Waals surface area contributed by atoms with Gasteiger partial charge in [0.1, 0.15) is 10.8 Å². The van der Waals surface area contributed by atoms with E-state index < -0.39 is 0 Å². The summed E-state index contributed by atoms with van der Waals surface area (Å²) in [5, 5.41) is 6.00. The second kappa shape index (κ2) is 10.5. The largest absolute Gasteiger partial charge is 0.483 e. The van der Waals surface area contributed by atoms with Crippen LogP contribution < -0.4 is 10.1 Å². The fraction of sp³-hybridized carbons (Fsp3) is 0.214. The lowest BCUT2D eigenvalue weighted by Gasteiger charge is -2.15. The number of hydrogen-bond acceptors (Lipinski definition) is 4. The summed E-state index contributed by atoms with van der Waals surface area (Å²) in [6.45, 7) is 6.70. The van der Waals surface area contributed by atoms with Crippen molar-refractivity contribution < 1.29 is 9.53 Å². The number of nitrogens with zero attached hydrogens (tertiary/aromatic N) is 1. The van der Waals surface area contributed by atoms with Gasteiger partial charge in [-0.15, -0.1) is 11.3 Å². The average Bonchev–Trinajstić information content (AvgIpc) is 3.32. The quantitative estimate of drug-likeness (QED) is 0.325. The number of rotatable bonds is 8. The van der Waals surface area contributed by atoms with Crippen LogP contribution in [0.1, 0.15) is 36.5 Å². The maximum Gasteiger partial charge on any atom is 0.258 e. The Bertz CT molecular complexity index is 1230. The van der Waals surface area contributed by atoms with E-state index in [1.807, 2.05) is 49.4 Å². The Hall–Kier alpha value is -3.44. The van der Waals surface area contributed by atoms with Gasteiger partial charge >= 0.3 is 0 Å². The van der Waals surface area contributed by atoms with Crippen molar-refractivity contribution in [1.82, 2.24) is 10.3 Å². The standard InChI is InChI=1S/C28H28N2O2S/c1-19(2)24-13-12-20(3)14-26(24)32-17-27(31)29-16-21-8-7-11-23(15-21)28-30-25(18-33-28)22-9-5-4-6-10-22/h4-15,18-19H,16-17H2,1-3H3,(H,29,31). The van der Waals surface area contributed by atoms with Crippen molar-refractivity contribution >= 4 is 17.2 Å². The van der Waals surface area contributed by atoms with Gasteiger partial charge in [-0.1, -0.05) is 74.5 Å². The van der Waals surface area contributed by atoms with Gasteiger partial charge in [-0.2, -0.15) is 0 Å². The number of hydrogen-bond donors (Lipinski definition) is 1. The molecule has 0 radical (unpaired) electrons. The summed E-state index contributed by atoms with van der Waals surface area (Å²) in [5.41, 5.74) is 6.38. The van der Waals surface area contributed by atoms with Crippen molar-refractivity contribution in [2.24, 2.45) is 0 Å². The van der Waals surface area contributed by atoms with E-state index in [9.17, 15) is 4.79 Å². The summed E-state index contributed by atoms with van der Waals surface area (Å²) in [5.74, 6) is 0.969. The highest BCUT2D eigenvalue weighted by molar-refractivity contribution is 7.13. The first-order valence-electron chi connectivity index (χ1n) is 11.1. The molecule has 0 aliphatic rings. The number of thiazole rings is 1. The summed E-state index contributed by atoms with van der Waals surface area (Å²) in [6, 6.07) is 24.4. The number of aromatic nitrogens is 1. The van der Waals surface area contributed by atoms with Gasteiger partial charge in [0.15, 0.2) is 6.61 Å². The molecule has 0 aliphatic carbocycles. The van der Waals surface area contributed by atoms with E-state index in [0.29, 0.717) is 12.5 Å². The third-order valence-electron chi connectivity index (χ3n) is 5.39. The molecule has 0 unspecified atom stereocenters. The Morgan fingerprint density at radius 2 is 1.79 bits per heavy atom. The predicted octanol–water partition coefficient (Wildman–Crippen LogP) is 6.60. The topological polar surface area (TPSA) is 51.2 Å². The van der Waals surface area contributed by atoms with Gasteiger partial charge < -0.3 is 10.1 Å². The molecule has 1 N–H and O–H groups in total. The smallest absolute Gasteiger partial charge is 0.258 e. The Morgan fingerprint density at radius 3 is 2.58 bits per heavy atom. The highest BCUT2D eigenvalue weighted by Gasteiger charge is 2.11. The molecule has 4 rings (SSSR count). The van der Waals surface area contributed by atoms with Crippen LogP contribution >= 0.6 is 11.3 Å². The molecule has 3 aromatic carbocycles. The van der Waals surface area contributed by atoms with Gasteiger partial charge in [-0.3, -0.25) is 4.79 Å². The molecule has 33 heavy (non-hydrogen) atoms. The molecule has 0 aliphatic heterocycles. The predicted molar refractivity (Wildman–Crippen MR) is 136 cm³/mol. The maximum atomic E-state index is 12.4. The Balaban J connectivity index is 1.36. The molecule has 0 bridgehead atoms. The molecule has 1 aromatic heterocycles. The Kier molecular flexibility index (Phi) is 7.20. The zero-order valence-electron chi connectivity index (χ0n) is 19.2. The Morgan fingerprint density at radius 1 is 1.00 bits per heavy atom. The lowest BCUT2D eigenvalue weighted by molar-refractivity contribution is -0.123. The number of benzene rings is 3. The van der Waals surface area contributed by atoms with E-state index >= 15 is 0 Å².